The van der Waals surface area contributed by atoms with Crippen molar-refractivity contribution in [2.75, 3.05) is 5.73 Å². The third-order valence-electron chi connectivity index (χ3n) is 2.99. The lowest BCUT2D eigenvalue weighted by Gasteiger charge is -2.14. The summed E-state index contributed by atoms with van der Waals surface area (Å²) in [6.07, 6.45) is -1.35. The molecule has 2 aromatic heterocycles. The molecule has 3 heterocycles. The van der Waals surface area contributed by atoms with E-state index in [4.69, 9.17) is 15.6 Å². The topological polar surface area (TPSA) is 116 Å². The van der Waals surface area contributed by atoms with Gasteiger partial charge in [-0.1, -0.05) is 0 Å². The molecular weight excluding hydrogens is 257 g/mol. The number of nitrogens with two attached hydrogens (primary N) is 1. The zero-order valence-corrected chi connectivity index (χ0v) is 9.60. The molecule has 19 heavy (non-hydrogen) atoms. The van der Waals surface area contributed by atoms with Gasteiger partial charge in [0.05, 0.1) is 6.33 Å². The van der Waals surface area contributed by atoms with Crippen LogP contribution < -0.4 is 5.73 Å². The van der Waals surface area contributed by atoms with Gasteiger partial charge in [0.2, 0.25) is 0 Å². The van der Waals surface area contributed by atoms with Gasteiger partial charge in [0.1, 0.15) is 18.0 Å². The van der Waals surface area contributed by atoms with Gasteiger partial charge >= 0.3 is 5.97 Å². The molecule has 1 aliphatic rings. The van der Waals surface area contributed by atoms with Crippen molar-refractivity contribution in [3.05, 3.63) is 12.7 Å². The van der Waals surface area contributed by atoms with Crippen molar-refractivity contribution in [3.8, 4) is 0 Å². The number of nitrogens with zero attached hydrogens (tertiary/aromatic N) is 4. The molecular formula is C10H10FN5O3. The first-order valence-corrected chi connectivity index (χ1v) is 5.53. The Balaban J connectivity index is 2.01. The number of rotatable bonds is 2. The van der Waals surface area contributed by atoms with Crippen molar-refractivity contribution < 1.29 is 19.0 Å². The summed E-state index contributed by atoms with van der Waals surface area (Å²) in [6, 6.07) is 0. The molecule has 100 valence electrons. The van der Waals surface area contributed by atoms with E-state index in [-0.39, 0.29) is 12.2 Å². The van der Waals surface area contributed by atoms with Gasteiger partial charge < -0.3 is 15.6 Å². The molecule has 1 saturated heterocycles. The maximum atomic E-state index is 13.9. The van der Waals surface area contributed by atoms with Gasteiger partial charge in [-0.15, -0.1) is 0 Å². The Hall–Kier alpha value is -2.29. The number of anilines is 1. The number of halogens is 1. The summed E-state index contributed by atoms with van der Waals surface area (Å²) in [5.74, 6) is -1.02. The number of hydrogen-bond acceptors (Lipinski definition) is 6. The largest absolute Gasteiger partial charge is 0.479 e. The quantitative estimate of drug-likeness (QED) is 0.793. The van der Waals surface area contributed by atoms with Crippen molar-refractivity contribution in [1.29, 1.82) is 0 Å². The number of alkyl halides is 1. The fraction of sp³-hybridized carbons (Fsp3) is 0.400. The number of ether oxygens (including phenoxy) is 1. The Labute approximate surface area is 106 Å². The Morgan fingerprint density at radius 1 is 1.53 bits per heavy atom. The van der Waals surface area contributed by atoms with Crippen LogP contribution in [0.1, 0.15) is 12.6 Å². The molecule has 9 heteroatoms. The number of fused-ring (bicyclic) bond motifs is 1. The molecule has 2 aromatic rings. The summed E-state index contributed by atoms with van der Waals surface area (Å²) < 4.78 is 20.4. The molecule has 8 nitrogen and oxygen atoms in total. The first kappa shape index (κ1) is 11.8. The molecule has 1 fully saturated rings. The number of nitrogen functional groups attached to an aromatic ring is 1. The molecule has 0 amide bonds. The number of hydrogen-bond donors (Lipinski definition) is 2. The van der Waals surface area contributed by atoms with E-state index in [1.54, 1.807) is 0 Å². The number of carbonyl (C=O) groups is 1. The Morgan fingerprint density at radius 2 is 2.32 bits per heavy atom. The van der Waals surface area contributed by atoms with Gasteiger partial charge in [-0.25, -0.2) is 24.1 Å². The van der Waals surface area contributed by atoms with E-state index in [9.17, 15) is 9.18 Å². The van der Waals surface area contributed by atoms with E-state index in [1.165, 1.54) is 17.2 Å². The van der Waals surface area contributed by atoms with E-state index >= 15 is 0 Å². The van der Waals surface area contributed by atoms with Gasteiger partial charge in [0.15, 0.2) is 23.8 Å². The maximum absolute atomic E-state index is 13.9. The fourth-order valence-corrected chi connectivity index (χ4v) is 2.09. The highest BCUT2D eigenvalue weighted by molar-refractivity contribution is 5.81. The van der Waals surface area contributed by atoms with Crippen molar-refractivity contribution in [1.82, 2.24) is 19.5 Å². The Bertz CT molecular complexity index is 645. The van der Waals surface area contributed by atoms with Crippen LogP contribution in [-0.4, -0.2) is 42.9 Å². The average Bonchev–Trinajstić information content (AvgIpc) is 2.93. The smallest absolute Gasteiger partial charge is 0.333 e. The maximum Gasteiger partial charge on any atom is 0.333 e. The highest BCUT2D eigenvalue weighted by atomic mass is 19.1. The van der Waals surface area contributed by atoms with Crippen molar-refractivity contribution in [2.45, 2.75) is 24.9 Å². The lowest BCUT2D eigenvalue weighted by Crippen LogP contribution is -2.20. The molecule has 3 N–H and O–H groups in total. The lowest BCUT2D eigenvalue weighted by molar-refractivity contribution is -0.151. The summed E-state index contributed by atoms with van der Waals surface area (Å²) in [5.41, 5.74) is 6.26. The Morgan fingerprint density at radius 3 is 3.00 bits per heavy atom. The lowest BCUT2D eigenvalue weighted by atomic mass is 10.2. The van der Waals surface area contributed by atoms with Crippen LogP contribution in [0.15, 0.2) is 12.7 Å². The molecule has 0 spiro atoms. The van der Waals surface area contributed by atoms with Gasteiger partial charge in [0.25, 0.3) is 0 Å². The molecule has 0 bridgehead atoms. The molecule has 0 aromatic carbocycles. The second-order valence-corrected chi connectivity index (χ2v) is 4.19. The first-order chi connectivity index (χ1) is 9.08. The highest BCUT2D eigenvalue weighted by Gasteiger charge is 2.41. The number of imidazole rings is 1. The van der Waals surface area contributed by atoms with E-state index in [1.807, 2.05) is 0 Å². The predicted octanol–water partition coefficient (Wildman–Crippen LogP) is 0.119. The second kappa shape index (κ2) is 4.12. The van der Waals surface area contributed by atoms with E-state index in [0.29, 0.717) is 11.2 Å². The van der Waals surface area contributed by atoms with Crippen LogP contribution >= 0.6 is 0 Å². The zero-order chi connectivity index (χ0) is 13.6. The summed E-state index contributed by atoms with van der Waals surface area (Å²) in [4.78, 5) is 22.5. The van der Waals surface area contributed by atoms with Crippen molar-refractivity contribution >= 4 is 23.0 Å². The Kier molecular flexibility index (Phi) is 2.56. The minimum Gasteiger partial charge on any atom is -0.479 e. The third-order valence-corrected chi connectivity index (χ3v) is 2.99. The fourth-order valence-electron chi connectivity index (χ4n) is 2.09. The molecule has 0 radical (unpaired) electrons. The summed E-state index contributed by atoms with van der Waals surface area (Å²) in [7, 11) is 0. The summed E-state index contributed by atoms with van der Waals surface area (Å²) in [6.45, 7) is 0. The first-order valence-electron chi connectivity index (χ1n) is 5.53. The molecule has 0 saturated carbocycles. The zero-order valence-electron chi connectivity index (χ0n) is 9.60. The number of aliphatic carboxylic acids is 1. The highest BCUT2D eigenvalue weighted by Crippen LogP contribution is 2.33. The van der Waals surface area contributed by atoms with Crippen molar-refractivity contribution in [3.63, 3.8) is 0 Å². The number of carboxylic acids is 1. The monoisotopic (exact) mass is 267 g/mol. The van der Waals surface area contributed by atoms with Crippen LogP contribution in [0.4, 0.5) is 10.2 Å². The van der Waals surface area contributed by atoms with E-state index in [2.05, 4.69) is 15.0 Å². The van der Waals surface area contributed by atoms with Gasteiger partial charge in [-0.3, -0.25) is 4.57 Å². The number of carboxylic acid groups (broad SMARTS) is 1. The SMILES string of the molecule is Nc1ncnc2c1ncn2C1OC(C(=O)O)CC1F. The van der Waals surface area contributed by atoms with Crippen LogP contribution in [0.2, 0.25) is 0 Å². The third kappa shape index (κ3) is 1.78. The molecule has 1 aliphatic heterocycles. The second-order valence-electron chi connectivity index (χ2n) is 4.19. The summed E-state index contributed by atoms with van der Waals surface area (Å²) >= 11 is 0. The molecule has 3 unspecified atom stereocenters. The average molecular weight is 267 g/mol. The van der Waals surface area contributed by atoms with Crippen molar-refractivity contribution in [2.24, 2.45) is 0 Å². The van der Waals surface area contributed by atoms with E-state index < -0.39 is 24.5 Å². The predicted molar refractivity (Wildman–Crippen MR) is 60.8 cm³/mol. The molecule has 3 rings (SSSR count). The van der Waals surface area contributed by atoms with Crippen LogP contribution in [0, 0.1) is 0 Å². The minimum atomic E-state index is -1.45. The van der Waals surface area contributed by atoms with Crippen LogP contribution in [0.5, 0.6) is 0 Å². The number of aromatic nitrogens is 4. The van der Waals surface area contributed by atoms with Crippen LogP contribution in [0.3, 0.4) is 0 Å². The normalized spacial score (nSPS) is 26.9. The minimum absolute atomic E-state index is 0.173. The van der Waals surface area contributed by atoms with E-state index in [0.717, 1.165) is 0 Å². The van der Waals surface area contributed by atoms with Gasteiger partial charge in [-0.2, -0.15) is 0 Å². The van der Waals surface area contributed by atoms with Gasteiger partial charge in [-0.05, 0) is 0 Å². The van der Waals surface area contributed by atoms with Crippen LogP contribution in [-0.2, 0) is 9.53 Å². The van der Waals surface area contributed by atoms with Gasteiger partial charge in [0, 0.05) is 6.42 Å². The molecule has 0 aliphatic carbocycles. The van der Waals surface area contributed by atoms with Crippen LogP contribution in [0.25, 0.3) is 11.2 Å². The molecule has 3 atom stereocenters. The summed E-state index contributed by atoms with van der Waals surface area (Å²) in [5, 5.41) is 8.84. The standard InChI is InChI=1S/C10H10FN5O3/c11-4-1-5(10(17)18)19-9(4)16-3-15-6-7(12)13-2-14-8(6)16/h2-5,9H,1H2,(H,17,18)(H2,12,13,14).